The van der Waals surface area contributed by atoms with Crippen LogP contribution >= 0.6 is 11.6 Å². The molecule has 2 rings (SSSR count). The van der Waals surface area contributed by atoms with Crippen LogP contribution in [0.15, 0.2) is 36.5 Å². The maximum Gasteiger partial charge on any atom is 0.125 e. The van der Waals surface area contributed by atoms with E-state index in [9.17, 15) is 0 Å². The first kappa shape index (κ1) is 11.0. The summed E-state index contributed by atoms with van der Waals surface area (Å²) in [5, 5.41) is 0.725. The van der Waals surface area contributed by atoms with Gasteiger partial charge in [-0.15, -0.1) is 0 Å². The lowest BCUT2D eigenvalue weighted by molar-refractivity contribution is 0.411. The third kappa shape index (κ3) is 2.17. The SMILES string of the molecule is COc1cc(-c2ccc(Cl)cc2)ncc1C. The van der Waals surface area contributed by atoms with E-state index in [1.54, 1.807) is 7.11 Å². The fourth-order valence-corrected chi connectivity index (χ4v) is 1.63. The van der Waals surface area contributed by atoms with Crippen LogP contribution in [0, 0.1) is 6.92 Å². The van der Waals surface area contributed by atoms with Crippen molar-refractivity contribution in [1.82, 2.24) is 4.98 Å². The summed E-state index contributed by atoms with van der Waals surface area (Å²) in [5.41, 5.74) is 2.95. The number of aromatic nitrogens is 1. The molecule has 0 fully saturated rings. The lowest BCUT2D eigenvalue weighted by atomic mass is 10.1. The molecule has 0 aliphatic rings. The lowest BCUT2D eigenvalue weighted by Crippen LogP contribution is -1.90. The third-order valence-electron chi connectivity index (χ3n) is 2.41. The molecule has 0 spiro atoms. The van der Waals surface area contributed by atoms with Crippen LogP contribution in [0.3, 0.4) is 0 Å². The molecule has 0 N–H and O–H groups in total. The first-order valence-corrected chi connectivity index (χ1v) is 5.35. The average Bonchev–Trinajstić information content (AvgIpc) is 2.31. The summed E-state index contributed by atoms with van der Waals surface area (Å²) in [6, 6.07) is 9.52. The average molecular weight is 234 g/mol. The number of benzene rings is 1. The van der Waals surface area contributed by atoms with Crippen LogP contribution in [-0.4, -0.2) is 12.1 Å². The Labute approximate surface area is 99.9 Å². The molecule has 0 amide bonds. The molecule has 0 bridgehead atoms. The molecule has 0 aliphatic heterocycles. The number of nitrogens with zero attached hydrogens (tertiary/aromatic N) is 1. The zero-order valence-electron chi connectivity index (χ0n) is 9.20. The van der Waals surface area contributed by atoms with Crippen LogP contribution in [0.2, 0.25) is 5.02 Å². The largest absolute Gasteiger partial charge is 0.496 e. The van der Waals surface area contributed by atoms with Gasteiger partial charge in [0.25, 0.3) is 0 Å². The number of aryl methyl sites for hydroxylation is 1. The van der Waals surface area contributed by atoms with Crippen molar-refractivity contribution in [1.29, 1.82) is 0 Å². The van der Waals surface area contributed by atoms with E-state index in [-0.39, 0.29) is 0 Å². The number of pyridine rings is 1. The predicted molar refractivity (Wildman–Crippen MR) is 66.0 cm³/mol. The van der Waals surface area contributed by atoms with Gasteiger partial charge in [-0.3, -0.25) is 4.98 Å². The normalized spacial score (nSPS) is 10.2. The number of methoxy groups -OCH3 is 1. The molecule has 2 nitrogen and oxygen atoms in total. The summed E-state index contributed by atoms with van der Waals surface area (Å²) in [6.45, 7) is 1.97. The summed E-state index contributed by atoms with van der Waals surface area (Å²) >= 11 is 5.84. The molecule has 82 valence electrons. The highest BCUT2D eigenvalue weighted by atomic mass is 35.5. The maximum atomic E-state index is 5.84. The molecule has 0 unspecified atom stereocenters. The number of hydrogen-bond acceptors (Lipinski definition) is 2. The monoisotopic (exact) mass is 233 g/mol. The molecule has 0 saturated heterocycles. The Morgan fingerprint density at radius 2 is 1.88 bits per heavy atom. The van der Waals surface area contributed by atoms with Gasteiger partial charge in [-0.05, 0) is 19.1 Å². The standard InChI is InChI=1S/C13H12ClNO/c1-9-8-15-12(7-13(9)16-2)10-3-5-11(14)6-4-10/h3-8H,1-2H3. The Morgan fingerprint density at radius 1 is 1.19 bits per heavy atom. The van der Waals surface area contributed by atoms with Crippen LogP contribution in [-0.2, 0) is 0 Å². The summed E-state index contributed by atoms with van der Waals surface area (Å²) in [5.74, 6) is 0.847. The van der Waals surface area contributed by atoms with Crippen molar-refractivity contribution in [3.8, 4) is 17.0 Å². The second-order valence-electron chi connectivity index (χ2n) is 3.55. The summed E-state index contributed by atoms with van der Waals surface area (Å²) < 4.78 is 5.26. The number of halogens is 1. The molecule has 16 heavy (non-hydrogen) atoms. The Hall–Kier alpha value is -1.54. The molecule has 1 heterocycles. The van der Waals surface area contributed by atoms with Crippen molar-refractivity contribution in [2.75, 3.05) is 7.11 Å². The van der Waals surface area contributed by atoms with E-state index < -0.39 is 0 Å². The van der Waals surface area contributed by atoms with E-state index in [1.807, 2.05) is 43.5 Å². The van der Waals surface area contributed by atoms with Crippen LogP contribution < -0.4 is 4.74 Å². The van der Waals surface area contributed by atoms with Gasteiger partial charge in [0.05, 0.1) is 12.8 Å². The zero-order valence-corrected chi connectivity index (χ0v) is 9.95. The molecule has 0 saturated carbocycles. The van der Waals surface area contributed by atoms with Crippen molar-refractivity contribution in [2.24, 2.45) is 0 Å². The summed E-state index contributed by atoms with van der Waals surface area (Å²) in [6.07, 6.45) is 1.81. The van der Waals surface area contributed by atoms with Crippen molar-refractivity contribution in [3.05, 3.63) is 47.1 Å². The highest BCUT2D eigenvalue weighted by Crippen LogP contribution is 2.25. The maximum absolute atomic E-state index is 5.84. The van der Waals surface area contributed by atoms with Gasteiger partial charge in [0, 0.05) is 28.4 Å². The van der Waals surface area contributed by atoms with Gasteiger partial charge < -0.3 is 4.74 Å². The smallest absolute Gasteiger partial charge is 0.125 e. The Balaban J connectivity index is 2.44. The Kier molecular flexibility index (Phi) is 3.11. The Bertz CT molecular complexity index is 494. The number of ether oxygens (including phenoxy) is 1. The van der Waals surface area contributed by atoms with E-state index in [4.69, 9.17) is 16.3 Å². The lowest BCUT2D eigenvalue weighted by Gasteiger charge is -2.06. The number of hydrogen-bond donors (Lipinski definition) is 0. The van der Waals surface area contributed by atoms with Crippen molar-refractivity contribution >= 4 is 11.6 Å². The van der Waals surface area contributed by atoms with Crippen molar-refractivity contribution < 1.29 is 4.74 Å². The van der Waals surface area contributed by atoms with Crippen LogP contribution in [0.5, 0.6) is 5.75 Å². The second kappa shape index (κ2) is 4.54. The van der Waals surface area contributed by atoms with Gasteiger partial charge in [0.15, 0.2) is 0 Å². The minimum absolute atomic E-state index is 0.725. The van der Waals surface area contributed by atoms with Crippen LogP contribution in [0.25, 0.3) is 11.3 Å². The van der Waals surface area contributed by atoms with Crippen LogP contribution in [0.4, 0.5) is 0 Å². The van der Waals surface area contributed by atoms with E-state index >= 15 is 0 Å². The predicted octanol–water partition coefficient (Wildman–Crippen LogP) is 3.72. The highest BCUT2D eigenvalue weighted by Gasteiger charge is 2.03. The topological polar surface area (TPSA) is 22.1 Å². The van der Waals surface area contributed by atoms with E-state index in [1.165, 1.54) is 0 Å². The first-order chi connectivity index (χ1) is 7.70. The Morgan fingerprint density at radius 3 is 2.50 bits per heavy atom. The first-order valence-electron chi connectivity index (χ1n) is 4.97. The molecule has 0 aliphatic carbocycles. The molecular weight excluding hydrogens is 222 g/mol. The summed E-state index contributed by atoms with van der Waals surface area (Å²) in [7, 11) is 1.66. The van der Waals surface area contributed by atoms with Gasteiger partial charge in [-0.25, -0.2) is 0 Å². The minimum atomic E-state index is 0.725. The number of rotatable bonds is 2. The highest BCUT2D eigenvalue weighted by molar-refractivity contribution is 6.30. The van der Waals surface area contributed by atoms with E-state index in [2.05, 4.69) is 4.98 Å². The second-order valence-corrected chi connectivity index (χ2v) is 3.98. The third-order valence-corrected chi connectivity index (χ3v) is 2.67. The molecular formula is C13H12ClNO. The van der Waals surface area contributed by atoms with E-state index in [0.717, 1.165) is 27.6 Å². The molecule has 3 heteroatoms. The van der Waals surface area contributed by atoms with Gasteiger partial charge in [0.1, 0.15) is 5.75 Å². The van der Waals surface area contributed by atoms with Gasteiger partial charge in [-0.1, -0.05) is 23.7 Å². The van der Waals surface area contributed by atoms with Gasteiger partial charge in [0.2, 0.25) is 0 Å². The van der Waals surface area contributed by atoms with Crippen molar-refractivity contribution in [2.45, 2.75) is 6.92 Å². The van der Waals surface area contributed by atoms with Gasteiger partial charge in [-0.2, -0.15) is 0 Å². The molecule has 0 atom stereocenters. The molecule has 2 aromatic rings. The molecule has 0 radical (unpaired) electrons. The summed E-state index contributed by atoms with van der Waals surface area (Å²) in [4.78, 5) is 4.36. The fraction of sp³-hybridized carbons (Fsp3) is 0.154. The minimum Gasteiger partial charge on any atom is -0.496 e. The van der Waals surface area contributed by atoms with Gasteiger partial charge >= 0.3 is 0 Å². The zero-order chi connectivity index (χ0) is 11.5. The van der Waals surface area contributed by atoms with E-state index in [0.29, 0.717) is 0 Å². The fourth-order valence-electron chi connectivity index (χ4n) is 1.50. The van der Waals surface area contributed by atoms with Crippen molar-refractivity contribution in [3.63, 3.8) is 0 Å². The van der Waals surface area contributed by atoms with Crippen LogP contribution in [0.1, 0.15) is 5.56 Å². The molecule has 1 aromatic carbocycles. The molecule has 1 aromatic heterocycles. The quantitative estimate of drug-likeness (QED) is 0.789.